The lowest BCUT2D eigenvalue weighted by molar-refractivity contribution is 1.32. The molecular weight excluding hydrogens is 338 g/mol. The van der Waals surface area contributed by atoms with Gasteiger partial charge in [-0.3, -0.25) is 5.43 Å². The molecule has 0 spiro atoms. The van der Waals surface area contributed by atoms with E-state index in [-0.39, 0.29) is 0 Å². The summed E-state index contributed by atoms with van der Waals surface area (Å²) in [6.07, 6.45) is 0. The molecule has 2 aromatic rings. The van der Waals surface area contributed by atoms with Crippen LogP contribution in [-0.4, -0.2) is 5.71 Å². The largest absolute Gasteiger partial charge is 0.278 e. The predicted octanol–water partition coefficient (Wildman–Crippen LogP) is 6.14. The summed E-state index contributed by atoms with van der Waals surface area (Å²) >= 11 is 23.8. The van der Waals surface area contributed by atoms with Gasteiger partial charge in [0.05, 0.1) is 26.5 Å². The highest BCUT2D eigenvalue weighted by Gasteiger charge is 2.05. The minimum absolute atomic E-state index is 0.467. The molecule has 0 amide bonds. The summed E-state index contributed by atoms with van der Waals surface area (Å²) in [6, 6.07) is 10.4. The fourth-order valence-corrected chi connectivity index (χ4v) is 2.40. The zero-order valence-electron chi connectivity index (χ0n) is 10.4. The van der Waals surface area contributed by atoms with Crippen LogP contribution in [0.15, 0.2) is 41.5 Å². The minimum atomic E-state index is 0.467. The van der Waals surface area contributed by atoms with Crippen molar-refractivity contribution in [1.82, 2.24) is 0 Å². The van der Waals surface area contributed by atoms with E-state index in [0.29, 0.717) is 20.1 Å². The summed E-state index contributed by atoms with van der Waals surface area (Å²) in [4.78, 5) is 0. The van der Waals surface area contributed by atoms with E-state index in [1.807, 2.05) is 13.0 Å². The maximum atomic E-state index is 6.12. The van der Waals surface area contributed by atoms with Gasteiger partial charge in [-0.1, -0.05) is 52.5 Å². The molecule has 2 aromatic carbocycles. The third kappa shape index (κ3) is 3.80. The normalized spacial score (nSPS) is 11.6. The Morgan fingerprint density at radius 3 is 2.30 bits per heavy atom. The van der Waals surface area contributed by atoms with Crippen molar-refractivity contribution in [1.29, 1.82) is 0 Å². The van der Waals surface area contributed by atoms with Crippen LogP contribution in [0.4, 0.5) is 5.69 Å². The topological polar surface area (TPSA) is 24.4 Å². The van der Waals surface area contributed by atoms with Gasteiger partial charge in [0.15, 0.2) is 0 Å². The number of halogens is 4. The summed E-state index contributed by atoms with van der Waals surface area (Å²) in [5.74, 6) is 0. The van der Waals surface area contributed by atoms with Crippen molar-refractivity contribution in [3.63, 3.8) is 0 Å². The summed E-state index contributed by atoms with van der Waals surface area (Å²) in [6.45, 7) is 1.85. The first-order valence-corrected chi connectivity index (χ1v) is 7.19. The Hall–Kier alpha value is -0.930. The molecule has 20 heavy (non-hydrogen) atoms. The van der Waals surface area contributed by atoms with E-state index >= 15 is 0 Å². The predicted molar refractivity (Wildman–Crippen MR) is 88.8 cm³/mol. The number of rotatable bonds is 3. The number of hydrazone groups is 1. The average Bonchev–Trinajstić information content (AvgIpc) is 2.40. The second-order valence-corrected chi connectivity index (χ2v) is 5.72. The number of hydrogen-bond donors (Lipinski definition) is 1. The van der Waals surface area contributed by atoms with Crippen LogP contribution in [0.2, 0.25) is 20.1 Å². The van der Waals surface area contributed by atoms with Gasteiger partial charge in [0, 0.05) is 10.6 Å². The zero-order valence-corrected chi connectivity index (χ0v) is 13.4. The Labute approximate surface area is 137 Å². The molecule has 2 rings (SSSR count). The first kappa shape index (κ1) is 15.5. The quantitative estimate of drug-likeness (QED) is 0.523. The van der Waals surface area contributed by atoms with E-state index in [2.05, 4.69) is 10.5 Å². The van der Waals surface area contributed by atoms with Crippen molar-refractivity contribution in [3.05, 3.63) is 62.1 Å². The lowest BCUT2D eigenvalue weighted by Gasteiger charge is -2.06. The highest BCUT2D eigenvalue weighted by Crippen LogP contribution is 2.25. The number of benzene rings is 2. The Kier molecular flexibility index (Phi) is 5.17. The van der Waals surface area contributed by atoms with Crippen molar-refractivity contribution in [3.8, 4) is 0 Å². The summed E-state index contributed by atoms with van der Waals surface area (Å²) in [5, 5.41) is 6.37. The molecule has 0 saturated heterocycles. The zero-order chi connectivity index (χ0) is 14.7. The fourth-order valence-electron chi connectivity index (χ4n) is 1.56. The molecule has 2 nitrogen and oxygen atoms in total. The van der Waals surface area contributed by atoms with Gasteiger partial charge in [-0.05, 0) is 37.3 Å². The molecular formula is C14H10Cl4N2. The number of hydrogen-bond acceptors (Lipinski definition) is 2. The molecule has 0 aliphatic carbocycles. The SMILES string of the molecule is C/C(=N/Nc1ccc(Cl)c(Cl)c1)c1ccc(Cl)cc1Cl. The average molecular weight is 348 g/mol. The van der Waals surface area contributed by atoms with Crippen molar-refractivity contribution in [2.75, 3.05) is 5.43 Å². The van der Waals surface area contributed by atoms with Gasteiger partial charge in [0.1, 0.15) is 0 Å². The summed E-state index contributed by atoms with van der Waals surface area (Å²) < 4.78 is 0. The Bertz CT molecular complexity index is 668. The lowest BCUT2D eigenvalue weighted by atomic mass is 10.1. The van der Waals surface area contributed by atoms with Crippen molar-refractivity contribution >= 4 is 57.8 Å². The molecule has 0 aromatic heterocycles. The van der Waals surface area contributed by atoms with Crippen LogP contribution in [0, 0.1) is 0 Å². The van der Waals surface area contributed by atoms with Crippen molar-refractivity contribution < 1.29 is 0 Å². The number of anilines is 1. The molecule has 0 bridgehead atoms. The summed E-state index contributed by atoms with van der Waals surface area (Å²) in [7, 11) is 0. The van der Waals surface area contributed by atoms with Gasteiger partial charge < -0.3 is 0 Å². The summed E-state index contributed by atoms with van der Waals surface area (Å²) in [5.41, 5.74) is 5.19. The van der Waals surface area contributed by atoms with Crippen LogP contribution in [0.3, 0.4) is 0 Å². The van der Waals surface area contributed by atoms with Gasteiger partial charge in [-0.25, -0.2) is 0 Å². The fraction of sp³-hybridized carbons (Fsp3) is 0.0714. The number of nitrogens with zero attached hydrogens (tertiary/aromatic N) is 1. The van der Waals surface area contributed by atoms with Gasteiger partial charge >= 0.3 is 0 Å². The Morgan fingerprint density at radius 1 is 0.900 bits per heavy atom. The molecule has 0 heterocycles. The van der Waals surface area contributed by atoms with Gasteiger partial charge in [0.2, 0.25) is 0 Å². The molecule has 0 saturated carbocycles. The van der Waals surface area contributed by atoms with E-state index in [1.165, 1.54) is 0 Å². The molecule has 0 atom stereocenters. The monoisotopic (exact) mass is 346 g/mol. The standard InChI is InChI=1S/C14H10Cl4N2/c1-8(11-4-2-9(15)6-13(11)17)19-20-10-3-5-12(16)14(18)7-10/h2-7,20H,1H3/b19-8-. The molecule has 6 heteroatoms. The second kappa shape index (κ2) is 6.68. The van der Waals surface area contributed by atoms with Crippen molar-refractivity contribution in [2.45, 2.75) is 6.92 Å². The highest BCUT2D eigenvalue weighted by molar-refractivity contribution is 6.42. The van der Waals surface area contributed by atoms with Crippen LogP contribution >= 0.6 is 46.4 Å². The van der Waals surface area contributed by atoms with Gasteiger partial charge in [-0.2, -0.15) is 5.10 Å². The van der Waals surface area contributed by atoms with Crippen molar-refractivity contribution in [2.24, 2.45) is 5.10 Å². The third-order valence-electron chi connectivity index (χ3n) is 2.59. The van der Waals surface area contributed by atoms with Crippen LogP contribution in [0.25, 0.3) is 0 Å². The van der Waals surface area contributed by atoms with E-state index in [4.69, 9.17) is 46.4 Å². The van der Waals surface area contributed by atoms with E-state index < -0.39 is 0 Å². The van der Waals surface area contributed by atoms with Crippen LogP contribution in [0.1, 0.15) is 12.5 Å². The smallest absolute Gasteiger partial charge is 0.0663 e. The third-order valence-corrected chi connectivity index (χ3v) is 3.88. The maximum absolute atomic E-state index is 6.12. The molecule has 0 unspecified atom stereocenters. The molecule has 0 fully saturated rings. The van der Waals surface area contributed by atoms with E-state index in [9.17, 15) is 0 Å². The maximum Gasteiger partial charge on any atom is 0.0663 e. The van der Waals surface area contributed by atoms with Crippen LogP contribution in [0.5, 0.6) is 0 Å². The second-order valence-electron chi connectivity index (χ2n) is 4.06. The molecule has 0 aliphatic heterocycles. The highest BCUT2D eigenvalue weighted by atomic mass is 35.5. The van der Waals surface area contributed by atoms with Crippen LogP contribution in [-0.2, 0) is 0 Å². The molecule has 104 valence electrons. The lowest BCUT2D eigenvalue weighted by Crippen LogP contribution is -2.00. The Balaban J connectivity index is 2.20. The van der Waals surface area contributed by atoms with Crippen LogP contribution < -0.4 is 5.43 Å². The molecule has 0 radical (unpaired) electrons. The Morgan fingerprint density at radius 2 is 1.65 bits per heavy atom. The molecule has 1 N–H and O–H groups in total. The van der Waals surface area contributed by atoms with E-state index in [0.717, 1.165) is 17.0 Å². The molecule has 0 aliphatic rings. The van der Waals surface area contributed by atoms with Gasteiger partial charge in [-0.15, -0.1) is 0 Å². The van der Waals surface area contributed by atoms with Gasteiger partial charge in [0.25, 0.3) is 0 Å². The van der Waals surface area contributed by atoms with E-state index in [1.54, 1.807) is 30.3 Å². The minimum Gasteiger partial charge on any atom is -0.278 e. The first-order chi connectivity index (χ1) is 9.47. The number of nitrogens with one attached hydrogen (secondary N) is 1. The first-order valence-electron chi connectivity index (χ1n) is 5.68.